The Morgan fingerprint density at radius 2 is 2.16 bits per heavy atom. The number of carbonyl (C=O) groups is 1. The Balaban J connectivity index is 2.45. The first-order valence-corrected chi connectivity index (χ1v) is 7.50. The Kier molecular flexibility index (Phi) is 6.51. The molecule has 1 rings (SSSR count). The van der Waals surface area contributed by atoms with Crippen LogP contribution in [0.3, 0.4) is 0 Å². The molecule has 1 heterocycles. The molecule has 1 amide bonds. The van der Waals surface area contributed by atoms with Gasteiger partial charge in [0.1, 0.15) is 6.04 Å². The highest BCUT2D eigenvalue weighted by Gasteiger charge is 2.16. The fourth-order valence-electron chi connectivity index (χ4n) is 1.80. The number of carbonyl (C=O) groups excluding carboxylic acids is 1. The molecule has 1 unspecified atom stereocenters. The number of rotatable bonds is 7. The minimum absolute atomic E-state index is 0.00200. The molecule has 0 saturated heterocycles. The molecule has 0 aliphatic carbocycles. The van der Waals surface area contributed by atoms with Crippen molar-refractivity contribution in [1.82, 2.24) is 20.0 Å². The highest BCUT2D eigenvalue weighted by molar-refractivity contribution is 9.10. The fraction of sp³-hybridized carbons (Fsp3) is 0.692. The van der Waals surface area contributed by atoms with Crippen LogP contribution >= 0.6 is 15.9 Å². The van der Waals surface area contributed by atoms with Gasteiger partial charge in [-0.05, 0) is 42.9 Å². The summed E-state index contributed by atoms with van der Waals surface area (Å²) in [6.45, 7) is 11.6. The zero-order valence-corrected chi connectivity index (χ0v) is 13.7. The lowest BCUT2D eigenvalue weighted by molar-refractivity contribution is -0.124. The molecule has 6 heteroatoms. The second-order valence-electron chi connectivity index (χ2n) is 4.54. The molecular weight excluding hydrogens is 308 g/mol. The zero-order valence-electron chi connectivity index (χ0n) is 12.1. The molecule has 0 bridgehead atoms. The van der Waals surface area contributed by atoms with Crippen LogP contribution < -0.4 is 5.32 Å². The van der Waals surface area contributed by atoms with Crippen molar-refractivity contribution < 1.29 is 4.79 Å². The van der Waals surface area contributed by atoms with Crippen LogP contribution in [0.2, 0.25) is 0 Å². The monoisotopic (exact) mass is 330 g/mol. The van der Waals surface area contributed by atoms with Crippen molar-refractivity contribution in [2.24, 2.45) is 0 Å². The lowest BCUT2D eigenvalue weighted by Gasteiger charge is -2.19. The van der Waals surface area contributed by atoms with Crippen LogP contribution in [0, 0.1) is 6.92 Å². The Hall–Kier alpha value is -0.880. The van der Waals surface area contributed by atoms with Gasteiger partial charge in [0.25, 0.3) is 0 Å². The van der Waals surface area contributed by atoms with E-state index in [9.17, 15) is 4.79 Å². The summed E-state index contributed by atoms with van der Waals surface area (Å²) in [6.07, 6.45) is 1.84. The number of hydrogen-bond donors (Lipinski definition) is 1. The van der Waals surface area contributed by atoms with Crippen LogP contribution in [0.1, 0.15) is 32.5 Å². The third-order valence-corrected chi connectivity index (χ3v) is 4.03. The van der Waals surface area contributed by atoms with Gasteiger partial charge in [-0.1, -0.05) is 13.8 Å². The molecule has 1 aromatic heterocycles. The molecule has 1 atom stereocenters. The van der Waals surface area contributed by atoms with E-state index in [1.165, 1.54) is 0 Å². The van der Waals surface area contributed by atoms with Crippen molar-refractivity contribution in [3.63, 3.8) is 0 Å². The highest BCUT2D eigenvalue weighted by atomic mass is 79.9. The molecule has 0 fully saturated rings. The van der Waals surface area contributed by atoms with E-state index < -0.39 is 0 Å². The quantitative estimate of drug-likeness (QED) is 0.831. The number of nitrogens with one attached hydrogen (secondary N) is 1. The molecule has 5 nitrogen and oxygen atoms in total. The van der Waals surface area contributed by atoms with Crippen molar-refractivity contribution in [3.8, 4) is 0 Å². The summed E-state index contributed by atoms with van der Waals surface area (Å²) < 4.78 is 2.61. The van der Waals surface area contributed by atoms with Crippen molar-refractivity contribution >= 4 is 21.8 Å². The molecule has 1 N–H and O–H groups in total. The van der Waals surface area contributed by atoms with Crippen molar-refractivity contribution in [2.45, 2.75) is 33.7 Å². The summed E-state index contributed by atoms with van der Waals surface area (Å²) in [7, 11) is 0. The zero-order chi connectivity index (χ0) is 14.4. The third kappa shape index (κ3) is 4.62. The first-order chi connectivity index (χ1) is 8.99. The van der Waals surface area contributed by atoms with Crippen molar-refractivity contribution in [2.75, 3.05) is 26.2 Å². The summed E-state index contributed by atoms with van der Waals surface area (Å²) in [5.74, 6) is 0.00200. The van der Waals surface area contributed by atoms with Gasteiger partial charge in [-0.3, -0.25) is 9.48 Å². The molecule has 0 radical (unpaired) electrons. The van der Waals surface area contributed by atoms with E-state index in [2.05, 4.69) is 45.1 Å². The number of hydrogen-bond acceptors (Lipinski definition) is 3. The number of likely N-dealkylation sites (N-methyl/N-ethyl adjacent to an activating group) is 1. The van der Waals surface area contributed by atoms with Crippen molar-refractivity contribution in [1.29, 1.82) is 0 Å². The molecule has 108 valence electrons. The average molecular weight is 331 g/mol. The van der Waals surface area contributed by atoms with Gasteiger partial charge < -0.3 is 10.2 Å². The van der Waals surface area contributed by atoms with E-state index in [0.717, 1.165) is 29.8 Å². The van der Waals surface area contributed by atoms with E-state index >= 15 is 0 Å². The van der Waals surface area contributed by atoms with E-state index in [4.69, 9.17) is 0 Å². The number of amides is 1. The standard InChI is InChI=1S/C13H23BrN4O/c1-5-17(6-2)8-7-15-13(19)11(4)18-9-12(14)10(3)16-18/h9,11H,5-8H2,1-4H3,(H,15,19). The topological polar surface area (TPSA) is 50.2 Å². The Labute approximate surface area is 123 Å². The fourth-order valence-corrected chi connectivity index (χ4v) is 2.09. The van der Waals surface area contributed by atoms with Crippen LogP contribution in [0.25, 0.3) is 0 Å². The maximum atomic E-state index is 12.0. The van der Waals surface area contributed by atoms with E-state index in [-0.39, 0.29) is 11.9 Å². The maximum absolute atomic E-state index is 12.0. The largest absolute Gasteiger partial charge is 0.353 e. The Morgan fingerprint density at radius 3 is 2.63 bits per heavy atom. The molecular formula is C13H23BrN4O. The second kappa shape index (κ2) is 7.65. The predicted octanol–water partition coefficient (Wildman–Crippen LogP) is 1.97. The van der Waals surface area contributed by atoms with Gasteiger partial charge in [0.15, 0.2) is 0 Å². The minimum Gasteiger partial charge on any atom is -0.353 e. The smallest absolute Gasteiger partial charge is 0.244 e. The first-order valence-electron chi connectivity index (χ1n) is 6.70. The minimum atomic E-state index is -0.290. The maximum Gasteiger partial charge on any atom is 0.244 e. The molecule has 1 aromatic rings. The molecule has 0 aromatic carbocycles. The van der Waals surface area contributed by atoms with Crippen LogP contribution in [-0.2, 0) is 4.79 Å². The van der Waals surface area contributed by atoms with Gasteiger partial charge in [0.2, 0.25) is 5.91 Å². The molecule has 19 heavy (non-hydrogen) atoms. The summed E-state index contributed by atoms with van der Waals surface area (Å²) in [5, 5.41) is 7.26. The summed E-state index contributed by atoms with van der Waals surface area (Å²) in [5.41, 5.74) is 0.891. The van der Waals surface area contributed by atoms with E-state index in [1.54, 1.807) is 4.68 Å². The number of aryl methyl sites for hydroxylation is 1. The van der Waals surface area contributed by atoms with Gasteiger partial charge >= 0.3 is 0 Å². The number of aromatic nitrogens is 2. The summed E-state index contributed by atoms with van der Waals surface area (Å²) >= 11 is 3.40. The van der Waals surface area contributed by atoms with Crippen LogP contribution in [0.4, 0.5) is 0 Å². The van der Waals surface area contributed by atoms with Crippen molar-refractivity contribution in [3.05, 3.63) is 16.4 Å². The van der Waals surface area contributed by atoms with Gasteiger partial charge in [-0.2, -0.15) is 5.10 Å². The second-order valence-corrected chi connectivity index (χ2v) is 5.39. The molecule has 0 spiro atoms. The molecule has 0 aliphatic rings. The first kappa shape index (κ1) is 16.2. The molecule has 0 saturated carbocycles. The highest BCUT2D eigenvalue weighted by Crippen LogP contribution is 2.16. The summed E-state index contributed by atoms with van der Waals surface area (Å²) in [6, 6.07) is -0.290. The van der Waals surface area contributed by atoms with Crippen LogP contribution in [0.5, 0.6) is 0 Å². The van der Waals surface area contributed by atoms with Crippen LogP contribution in [0.15, 0.2) is 10.7 Å². The number of nitrogens with zero attached hydrogens (tertiary/aromatic N) is 3. The number of halogens is 1. The third-order valence-electron chi connectivity index (χ3n) is 3.25. The van der Waals surface area contributed by atoms with E-state index in [0.29, 0.717) is 6.54 Å². The SMILES string of the molecule is CCN(CC)CCNC(=O)C(C)n1cc(Br)c(C)n1. The van der Waals surface area contributed by atoms with Crippen LogP contribution in [-0.4, -0.2) is 46.8 Å². The Morgan fingerprint density at radius 1 is 1.53 bits per heavy atom. The van der Waals surface area contributed by atoms with E-state index in [1.807, 2.05) is 20.0 Å². The Bertz CT molecular complexity index is 395. The lowest BCUT2D eigenvalue weighted by Crippen LogP contribution is -2.37. The lowest BCUT2D eigenvalue weighted by atomic mass is 10.3. The van der Waals surface area contributed by atoms with Gasteiger partial charge in [-0.25, -0.2) is 0 Å². The summed E-state index contributed by atoms with van der Waals surface area (Å²) in [4.78, 5) is 14.3. The normalized spacial score (nSPS) is 12.7. The molecule has 0 aliphatic heterocycles. The predicted molar refractivity (Wildman–Crippen MR) is 80.2 cm³/mol. The average Bonchev–Trinajstić information content (AvgIpc) is 2.73. The van der Waals surface area contributed by atoms with Gasteiger partial charge in [0, 0.05) is 19.3 Å². The van der Waals surface area contributed by atoms with Gasteiger partial charge in [-0.15, -0.1) is 0 Å². The van der Waals surface area contributed by atoms with Gasteiger partial charge in [0.05, 0.1) is 10.2 Å².